The number of aromatic hydroxyl groups is 1. The number of carbonyl (C=O) groups is 6. The van der Waals surface area contributed by atoms with E-state index in [9.17, 15) is 39.0 Å². The molecule has 2 N–H and O–H groups in total. The number of fused-ring (bicyclic) bond motifs is 3. The van der Waals surface area contributed by atoms with Crippen LogP contribution in [-0.2, 0) is 28.7 Å². The highest BCUT2D eigenvalue weighted by Gasteiger charge is 2.81. The van der Waals surface area contributed by atoms with Crippen molar-refractivity contribution in [3.05, 3.63) is 29.3 Å². The lowest BCUT2D eigenvalue weighted by Crippen LogP contribution is -2.82. The fourth-order valence-corrected chi connectivity index (χ4v) is 7.75. The quantitative estimate of drug-likeness (QED) is 0.445. The molecule has 3 aliphatic rings. The van der Waals surface area contributed by atoms with Gasteiger partial charge in [0.2, 0.25) is 0 Å². The van der Waals surface area contributed by atoms with Gasteiger partial charge in [0, 0.05) is 17.8 Å². The number of ether oxygens (including phenoxy) is 1. The van der Waals surface area contributed by atoms with Crippen LogP contribution < -0.4 is 0 Å². The molecule has 0 aromatic heterocycles. The molecule has 0 spiro atoms. The summed E-state index contributed by atoms with van der Waals surface area (Å²) < 4.78 is 5.98. The maximum Gasteiger partial charge on any atom is 0.305 e. The summed E-state index contributed by atoms with van der Waals surface area (Å²) in [5.41, 5.74) is -6.16. The summed E-state index contributed by atoms with van der Waals surface area (Å²) in [6.45, 7) is 10.6. The maximum absolute atomic E-state index is 14.4. The number of benzene rings is 1. The number of phenols is 1. The third kappa shape index (κ3) is 3.08. The summed E-state index contributed by atoms with van der Waals surface area (Å²) in [6, 6.07) is 4.49. The fourth-order valence-electron chi connectivity index (χ4n) is 7.75. The summed E-state index contributed by atoms with van der Waals surface area (Å²) in [4.78, 5) is 81.5. The van der Waals surface area contributed by atoms with Gasteiger partial charge in [-0.1, -0.05) is 53.7 Å². The van der Waals surface area contributed by atoms with Gasteiger partial charge in [-0.25, -0.2) is 0 Å². The van der Waals surface area contributed by atoms with Crippen molar-refractivity contribution < 1.29 is 43.7 Å². The van der Waals surface area contributed by atoms with Crippen molar-refractivity contribution >= 4 is 34.9 Å². The van der Waals surface area contributed by atoms with Crippen molar-refractivity contribution in [3.63, 3.8) is 0 Å². The summed E-state index contributed by atoms with van der Waals surface area (Å²) in [5.74, 6) is -12.0. The molecule has 0 amide bonds. The molecule has 1 aromatic carbocycles. The van der Waals surface area contributed by atoms with Crippen LogP contribution in [0.4, 0.5) is 0 Å². The van der Waals surface area contributed by atoms with Crippen LogP contribution in [0.5, 0.6) is 5.75 Å². The third-order valence-corrected chi connectivity index (χ3v) is 9.58. The Morgan fingerprint density at radius 3 is 2.21 bits per heavy atom. The van der Waals surface area contributed by atoms with Crippen LogP contribution in [0.15, 0.2) is 18.2 Å². The highest BCUT2D eigenvalue weighted by Crippen LogP contribution is 2.67. The minimum Gasteiger partial charge on any atom is -0.507 e. The van der Waals surface area contributed by atoms with E-state index in [-0.39, 0.29) is 17.7 Å². The number of carbonyl (C=O) groups excluding carboxylic acids is 6. The summed E-state index contributed by atoms with van der Waals surface area (Å²) >= 11 is 0. The number of Topliss-reactive ketones (excluding diaryl/α,β-unsaturated/α-hetero) is 5. The molecule has 9 heteroatoms. The van der Waals surface area contributed by atoms with E-state index in [1.54, 1.807) is 46.8 Å². The number of ketones is 5. The fraction of sp³-hybridized carbons (Fsp3) is 0.586. The lowest BCUT2D eigenvalue weighted by atomic mass is 9.37. The highest BCUT2D eigenvalue weighted by atomic mass is 16.5. The van der Waals surface area contributed by atoms with Gasteiger partial charge in [0.1, 0.15) is 23.6 Å². The second kappa shape index (κ2) is 8.66. The van der Waals surface area contributed by atoms with Crippen LogP contribution in [-0.4, -0.2) is 56.8 Å². The van der Waals surface area contributed by atoms with Crippen molar-refractivity contribution in [1.82, 2.24) is 0 Å². The first-order chi connectivity index (χ1) is 17.5. The number of hydrogen-bond acceptors (Lipinski definition) is 9. The zero-order valence-corrected chi connectivity index (χ0v) is 22.7. The molecule has 1 aromatic rings. The number of esters is 1. The van der Waals surface area contributed by atoms with Crippen LogP contribution >= 0.6 is 0 Å². The normalized spacial score (nSPS) is 38.4. The van der Waals surface area contributed by atoms with E-state index < -0.39 is 87.0 Å². The minimum atomic E-state index is -2.98. The van der Waals surface area contributed by atoms with Crippen molar-refractivity contribution in [2.24, 2.45) is 34.5 Å². The molecule has 2 saturated carbocycles. The Kier molecular flexibility index (Phi) is 6.34. The van der Waals surface area contributed by atoms with Gasteiger partial charge in [-0.3, -0.25) is 28.8 Å². The molecule has 4 rings (SSSR count). The summed E-state index contributed by atoms with van der Waals surface area (Å²) in [5, 5.41) is 22.8. The van der Waals surface area contributed by atoms with Crippen molar-refractivity contribution in [1.29, 1.82) is 0 Å². The van der Waals surface area contributed by atoms with Gasteiger partial charge in [-0.15, -0.1) is 0 Å². The molecule has 8 atom stereocenters. The van der Waals surface area contributed by atoms with Crippen LogP contribution in [0.3, 0.4) is 0 Å². The summed E-state index contributed by atoms with van der Waals surface area (Å²) in [7, 11) is 0. The Balaban J connectivity index is 2.15. The van der Waals surface area contributed by atoms with E-state index in [2.05, 4.69) is 0 Å². The number of phenolic OH excluding ortho intramolecular Hbond substituents is 1. The van der Waals surface area contributed by atoms with Gasteiger partial charge in [0.05, 0.1) is 16.9 Å². The molecular formula is C29H34O9. The van der Waals surface area contributed by atoms with Crippen LogP contribution in [0.25, 0.3) is 0 Å². The molecule has 0 aliphatic heterocycles. The van der Waals surface area contributed by atoms with Crippen molar-refractivity contribution in [3.8, 4) is 5.75 Å². The zero-order valence-electron chi connectivity index (χ0n) is 22.7. The molecule has 3 unspecified atom stereocenters. The van der Waals surface area contributed by atoms with Crippen LogP contribution in [0, 0.1) is 34.5 Å². The van der Waals surface area contributed by atoms with Gasteiger partial charge in [-0.05, 0) is 30.4 Å². The van der Waals surface area contributed by atoms with E-state index in [4.69, 9.17) is 4.74 Å². The molecule has 204 valence electrons. The van der Waals surface area contributed by atoms with Crippen LogP contribution in [0.2, 0.25) is 0 Å². The second-order valence-electron chi connectivity index (χ2n) is 11.7. The van der Waals surface area contributed by atoms with Crippen LogP contribution in [0.1, 0.15) is 76.7 Å². The SMILES string of the molecule is CCC(=O)O[C@@H]1[C@]2(C)C(C(=O)c3c(O)cccc3[C@H]2C)C(=O)[C@@]2(O)C(=O)C(C(C)=O)C(=O)C(C(C)C)[C@@]12C. The Bertz CT molecular complexity index is 1290. The lowest BCUT2D eigenvalue weighted by Gasteiger charge is -2.66. The Morgan fingerprint density at radius 1 is 1.08 bits per heavy atom. The highest BCUT2D eigenvalue weighted by molar-refractivity contribution is 6.33. The topological polar surface area (TPSA) is 152 Å². The van der Waals surface area contributed by atoms with Crippen molar-refractivity contribution in [2.45, 2.75) is 72.5 Å². The largest absolute Gasteiger partial charge is 0.507 e. The predicted molar refractivity (Wildman–Crippen MR) is 133 cm³/mol. The van der Waals surface area contributed by atoms with Gasteiger partial charge in [-0.2, -0.15) is 0 Å². The minimum absolute atomic E-state index is 0.0796. The molecule has 9 nitrogen and oxygen atoms in total. The summed E-state index contributed by atoms with van der Waals surface area (Å²) in [6.07, 6.45) is -1.53. The average Bonchev–Trinajstić information content (AvgIpc) is 2.82. The molecule has 0 heterocycles. The second-order valence-corrected chi connectivity index (χ2v) is 11.7. The molecule has 0 bridgehead atoms. The molecule has 0 radical (unpaired) electrons. The first-order valence-corrected chi connectivity index (χ1v) is 12.9. The predicted octanol–water partition coefficient (Wildman–Crippen LogP) is 2.59. The van der Waals surface area contributed by atoms with Crippen molar-refractivity contribution in [2.75, 3.05) is 0 Å². The standard InChI is InChI=1S/C29H34O9/c1-8-17(32)38-26-27(6)13(4)15-10-9-11-16(31)19(15)23(34)21(27)25(36)29(37)24(35)18(14(5)30)22(33)20(12(2)3)28(26,29)7/h9-13,18,20-21,26,31,37H,8H2,1-7H3/t13-,18?,20?,21?,26-,27+,28+,29+/m1/s1. The number of hydrogen-bond donors (Lipinski definition) is 2. The monoisotopic (exact) mass is 526 g/mol. The van der Waals surface area contributed by atoms with E-state index in [1.807, 2.05) is 0 Å². The van der Waals surface area contributed by atoms with E-state index in [1.165, 1.54) is 13.0 Å². The van der Waals surface area contributed by atoms with Gasteiger partial charge >= 0.3 is 5.97 Å². The zero-order chi connectivity index (χ0) is 28.7. The van der Waals surface area contributed by atoms with Gasteiger partial charge in [0.25, 0.3) is 0 Å². The van der Waals surface area contributed by atoms with E-state index in [0.717, 1.165) is 6.92 Å². The number of rotatable bonds is 4. The number of aliphatic hydroxyl groups is 1. The molecule has 3 aliphatic carbocycles. The van der Waals surface area contributed by atoms with E-state index >= 15 is 0 Å². The van der Waals surface area contributed by atoms with Gasteiger partial charge < -0.3 is 14.9 Å². The first kappa shape index (κ1) is 27.8. The molecular weight excluding hydrogens is 492 g/mol. The molecule has 2 fully saturated rings. The molecule has 0 saturated heterocycles. The Morgan fingerprint density at radius 2 is 1.68 bits per heavy atom. The van der Waals surface area contributed by atoms with E-state index in [0.29, 0.717) is 5.56 Å². The smallest absolute Gasteiger partial charge is 0.305 e. The first-order valence-electron chi connectivity index (χ1n) is 12.9. The third-order valence-electron chi connectivity index (χ3n) is 9.58. The average molecular weight is 527 g/mol. The Hall–Kier alpha value is -3.20. The van der Waals surface area contributed by atoms with Gasteiger partial charge in [0.15, 0.2) is 28.7 Å². The lowest BCUT2D eigenvalue weighted by molar-refractivity contribution is -0.248. The maximum atomic E-state index is 14.4. The molecule has 38 heavy (non-hydrogen) atoms. The Labute approximate surface area is 220 Å².